The summed E-state index contributed by atoms with van der Waals surface area (Å²) in [6, 6.07) is 7.79. The van der Waals surface area contributed by atoms with Crippen LogP contribution in [0.25, 0.3) is 0 Å². The summed E-state index contributed by atoms with van der Waals surface area (Å²) < 4.78 is 9.96. The number of hydrogen-bond donors (Lipinski definition) is 1. The van der Waals surface area contributed by atoms with E-state index in [2.05, 4.69) is 0 Å². The summed E-state index contributed by atoms with van der Waals surface area (Å²) in [6.45, 7) is 2.20. The summed E-state index contributed by atoms with van der Waals surface area (Å²) in [6.07, 6.45) is 0.281. The van der Waals surface area contributed by atoms with Gasteiger partial charge in [-0.15, -0.1) is 0 Å². The zero-order valence-electron chi connectivity index (χ0n) is 11.4. The highest BCUT2D eigenvalue weighted by molar-refractivity contribution is 7.98. The molecule has 1 rings (SSSR count). The van der Waals surface area contributed by atoms with E-state index in [1.54, 1.807) is 25.8 Å². The van der Waals surface area contributed by atoms with Crippen LogP contribution in [-0.4, -0.2) is 31.5 Å². The second kappa shape index (κ2) is 8.82. The maximum atomic E-state index is 11.2. The van der Waals surface area contributed by atoms with Crippen LogP contribution in [0.4, 0.5) is 0 Å². The van der Waals surface area contributed by atoms with Crippen LogP contribution in [0.15, 0.2) is 24.3 Å². The molecule has 2 N–H and O–H groups in total. The van der Waals surface area contributed by atoms with E-state index in [9.17, 15) is 4.79 Å². The van der Waals surface area contributed by atoms with Crippen molar-refractivity contribution in [3.63, 3.8) is 0 Å². The zero-order valence-corrected chi connectivity index (χ0v) is 12.2. The molecule has 5 heteroatoms. The first-order chi connectivity index (χ1) is 9.15. The van der Waals surface area contributed by atoms with Gasteiger partial charge in [-0.3, -0.25) is 4.79 Å². The van der Waals surface area contributed by atoms with E-state index in [4.69, 9.17) is 15.2 Å². The van der Waals surface area contributed by atoms with Crippen LogP contribution < -0.4 is 10.5 Å². The van der Waals surface area contributed by atoms with E-state index >= 15 is 0 Å². The van der Waals surface area contributed by atoms with Gasteiger partial charge in [0.2, 0.25) is 0 Å². The molecule has 0 saturated heterocycles. The smallest absolute Gasteiger partial charge is 0.307 e. The first-order valence-corrected chi connectivity index (χ1v) is 7.43. The van der Waals surface area contributed by atoms with E-state index in [1.807, 2.05) is 24.3 Å². The molecule has 1 aromatic rings. The lowest BCUT2D eigenvalue weighted by Crippen LogP contribution is -2.27. The predicted octanol–water partition coefficient (Wildman–Crippen LogP) is 2.21. The summed E-state index contributed by atoms with van der Waals surface area (Å²) in [5, 5.41) is 0. The molecule has 19 heavy (non-hydrogen) atoms. The number of benzene rings is 1. The lowest BCUT2D eigenvalue weighted by atomic mass is 10.2. The molecule has 0 fully saturated rings. The van der Waals surface area contributed by atoms with Crippen molar-refractivity contribution in [2.75, 3.05) is 19.5 Å². The fourth-order valence-corrected chi connectivity index (χ4v) is 2.51. The minimum absolute atomic E-state index is 0.151. The molecule has 0 saturated carbocycles. The van der Waals surface area contributed by atoms with Gasteiger partial charge in [-0.2, -0.15) is 11.8 Å². The van der Waals surface area contributed by atoms with Crippen LogP contribution in [0.3, 0.4) is 0 Å². The van der Waals surface area contributed by atoms with Gasteiger partial charge in [0.05, 0.1) is 20.1 Å². The van der Waals surface area contributed by atoms with Crippen molar-refractivity contribution >= 4 is 17.7 Å². The van der Waals surface area contributed by atoms with Crippen LogP contribution in [0.1, 0.15) is 18.9 Å². The maximum absolute atomic E-state index is 11.2. The Morgan fingerprint density at radius 3 is 2.63 bits per heavy atom. The summed E-state index contributed by atoms with van der Waals surface area (Å²) >= 11 is 1.71. The first kappa shape index (κ1) is 15.9. The van der Waals surface area contributed by atoms with E-state index in [0.717, 1.165) is 17.3 Å². The Morgan fingerprint density at radius 2 is 2.05 bits per heavy atom. The number of nitrogens with two attached hydrogens (primary N) is 1. The van der Waals surface area contributed by atoms with Crippen molar-refractivity contribution in [3.05, 3.63) is 29.8 Å². The van der Waals surface area contributed by atoms with Gasteiger partial charge in [0.15, 0.2) is 0 Å². The number of ether oxygens (including phenoxy) is 2. The quantitative estimate of drug-likeness (QED) is 0.741. The molecule has 106 valence electrons. The highest BCUT2D eigenvalue weighted by Crippen LogP contribution is 2.17. The van der Waals surface area contributed by atoms with Gasteiger partial charge < -0.3 is 15.2 Å². The van der Waals surface area contributed by atoms with Gasteiger partial charge in [0, 0.05) is 17.5 Å². The lowest BCUT2D eigenvalue weighted by molar-refractivity contribution is -0.143. The largest absolute Gasteiger partial charge is 0.497 e. The molecule has 0 spiro atoms. The monoisotopic (exact) mass is 283 g/mol. The van der Waals surface area contributed by atoms with E-state index in [0.29, 0.717) is 6.61 Å². The molecular formula is C14H21NO3S. The molecule has 0 aromatic heterocycles. The summed E-state index contributed by atoms with van der Waals surface area (Å²) in [5.41, 5.74) is 7.09. The number of carbonyl (C=O) groups is 1. The first-order valence-electron chi connectivity index (χ1n) is 6.27. The number of carbonyl (C=O) groups excluding carboxylic acids is 1. The molecule has 0 unspecified atom stereocenters. The second-order valence-corrected chi connectivity index (χ2v) is 5.16. The van der Waals surface area contributed by atoms with E-state index in [1.165, 1.54) is 5.56 Å². The van der Waals surface area contributed by atoms with Gasteiger partial charge >= 0.3 is 5.97 Å². The zero-order chi connectivity index (χ0) is 14.1. The molecule has 0 aliphatic rings. The van der Waals surface area contributed by atoms with Crippen molar-refractivity contribution in [1.29, 1.82) is 0 Å². The SMILES string of the molecule is CCOC(=O)C[C@@H](N)CSCc1ccc(OC)cc1. The van der Waals surface area contributed by atoms with Gasteiger partial charge in [-0.25, -0.2) is 0 Å². The Morgan fingerprint density at radius 1 is 1.37 bits per heavy atom. The van der Waals surface area contributed by atoms with Crippen molar-refractivity contribution in [2.24, 2.45) is 5.73 Å². The molecular weight excluding hydrogens is 262 g/mol. The summed E-state index contributed by atoms with van der Waals surface area (Å²) in [4.78, 5) is 11.2. The second-order valence-electron chi connectivity index (χ2n) is 4.13. The Hall–Kier alpha value is -1.20. The number of thioether (sulfide) groups is 1. The Bertz CT molecular complexity index is 381. The number of esters is 1. The highest BCUT2D eigenvalue weighted by atomic mass is 32.2. The van der Waals surface area contributed by atoms with Gasteiger partial charge in [-0.05, 0) is 24.6 Å². The third-order valence-corrected chi connectivity index (χ3v) is 3.70. The number of rotatable bonds is 8. The van der Waals surface area contributed by atoms with Crippen molar-refractivity contribution < 1.29 is 14.3 Å². The Labute approximate surface area is 118 Å². The van der Waals surface area contributed by atoms with Crippen molar-refractivity contribution in [1.82, 2.24) is 0 Å². The topological polar surface area (TPSA) is 61.5 Å². The fourth-order valence-electron chi connectivity index (χ4n) is 1.54. The number of hydrogen-bond acceptors (Lipinski definition) is 5. The maximum Gasteiger partial charge on any atom is 0.307 e. The van der Waals surface area contributed by atoms with Crippen LogP contribution in [0.5, 0.6) is 5.75 Å². The van der Waals surface area contributed by atoms with Crippen LogP contribution in [0, 0.1) is 0 Å². The molecule has 0 radical (unpaired) electrons. The predicted molar refractivity (Wildman–Crippen MR) is 78.4 cm³/mol. The van der Waals surface area contributed by atoms with E-state index < -0.39 is 0 Å². The molecule has 1 aromatic carbocycles. The highest BCUT2D eigenvalue weighted by Gasteiger charge is 2.10. The fraction of sp³-hybridized carbons (Fsp3) is 0.500. The van der Waals surface area contributed by atoms with Crippen LogP contribution in [-0.2, 0) is 15.3 Å². The lowest BCUT2D eigenvalue weighted by Gasteiger charge is -2.10. The molecule has 0 amide bonds. The van der Waals surface area contributed by atoms with Crippen LogP contribution >= 0.6 is 11.8 Å². The van der Waals surface area contributed by atoms with Crippen molar-refractivity contribution in [3.8, 4) is 5.75 Å². The number of methoxy groups -OCH3 is 1. The minimum Gasteiger partial charge on any atom is -0.497 e. The third-order valence-electron chi connectivity index (χ3n) is 2.49. The van der Waals surface area contributed by atoms with E-state index in [-0.39, 0.29) is 18.4 Å². The van der Waals surface area contributed by atoms with Crippen LogP contribution in [0.2, 0.25) is 0 Å². The molecule has 0 bridgehead atoms. The Kier molecular flexibility index (Phi) is 7.36. The molecule has 1 atom stereocenters. The summed E-state index contributed by atoms with van der Waals surface area (Å²) in [7, 11) is 1.65. The molecule has 4 nitrogen and oxygen atoms in total. The average Bonchev–Trinajstić information content (AvgIpc) is 2.39. The molecule has 0 aliphatic heterocycles. The van der Waals surface area contributed by atoms with Crippen molar-refractivity contribution in [2.45, 2.75) is 25.1 Å². The van der Waals surface area contributed by atoms with Gasteiger partial charge in [0.1, 0.15) is 5.75 Å². The van der Waals surface area contributed by atoms with Gasteiger partial charge in [-0.1, -0.05) is 12.1 Å². The average molecular weight is 283 g/mol. The van der Waals surface area contributed by atoms with Gasteiger partial charge in [0.25, 0.3) is 0 Å². The third kappa shape index (κ3) is 6.50. The minimum atomic E-state index is -0.222. The molecule has 0 aliphatic carbocycles. The standard InChI is InChI=1S/C14H21NO3S/c1-3-18-14(16)8-12(15)10-19-9-11-4-6-13(17-2)7-5-11/h4-7,12H,3,8-10,15H2,1-2H3/t12-/m1/s1. The Balaban J connectivity index is 2.23. The summed E-state index contributed by atoms with van der Waals surface area (Å²) in [5.74, 6) is 2.25. The normalized spacial score (nSPS) is 11.9. The molecule has 0 heterocycles.